The van der Waals surface area contributed by atoms with E-state index in [0.717, 1.165) is 5.06 Å². The maximum Gasteiger partial charge on any atom is 0.434 e. The molecule has 1 atom stereocenters. The quantitative estimate of drug-likeness (QED) is 0.604. The van der Waals surface area contributed by atoms with Crippen molar-refractivity contribution in [2.24, 2.45) is 0 Å². The Morgan fingerprint density at radius 2 is 2.23 bits per heavy atom. The van der Waals surface area contributed by atoms with Gasteiger partial charge in [0.2, 0.25) is 0 Å². The molecule has 1 N–H and O–H groups in total. The summed E-state index contributed by atoms with van der Waals surface area (Å²) >= 11 is 0. The Bertz CT molecular complexity index is 199. The van der Waals surface area contributed by atoms with Gasteiger partial charge in [-0.3, -0.25) is 4.84 Å². The molecular formula is C8H15NO4. The molecule has 0 saturated carbocycles. The lowest BCUT2D eigenvalue weighted by Gasteiger charge is -2.22. The lowest BCUT2D eigenvalue weighted by atomic mass is 10.2. The maximum atomic E-state index is 11.3. The summed E-state index contributed by atoms with van der Waals surface area (Å²) in [5.41, 5.74) is -0.534. The second-order valence-electron chi connectivity index (χ2n) is 3.99. The number of aliphatic hydroxyl groups is 1. The third kappa shape index (κ3) is 3.20. The van der Waals surface area contributed by atoms with Gasteiger partial charge in [-0.05, 0) is 20.8 Å². The van der Waals surface area contributed by atoms with E-state index >= 15 is 0 Å². The molecule has 0 spiro atoms. The van der Waals surface area contributed by atoms with Crippen LogP contribution in [-0.4, -0.2) is 41.1 Å². The molecule has 1 aliphatic rings. The number of aliphatic hydroxyl groups excluding tert-OH is 1. The Kier molecular flexibility index (Phi) is 2.77. The Morgan fingerprint density at radius 1 is 1.62 bits per heavy atom. The fraction of sp³-hybridized carbons (Fsp3) is 0.875. The first-order chi connectivity index (χ1) is 5.88. The maximum absolute atomic E-state index is 11.3. The van der Waals surface area contributed by atoms with E-state index in [0.29, 0.717) is 0 Å². The van der Waals surface area contributed by atoms with E-state index in [1.54, 1.807) is 20.8 Å². The van der Waals surface area contributed by atoms with Crippen molar-refractivity contribution in [3.8, 4) is 0 Å². The van der Waals surface area contributed by atoms with Gasteiger partial charge in [-0.15, -0.1) is 0 Å². The molecule has 0 aromatic heterocycles. The number of rotatable bonds is 0. The van der Waals surface area contributed by atoms with Crippen LogP contribution in [0.3, 0.4) is 0 Å². The first kappa shape index (κ1) is 10.3. The molecule has 1 amide bonds. The van der Waals surface area contributed by atoms with E-state index in [2.05, 4.69) is 0 Å². The van der Waals surface area contributed by atoms with E-state index < -0.39 is 17.8 Å². The molecular weight excluding hydrogens is 174 g/mol. The number of amides is 1. The average Bonchev–Trinajstić information content (AvgIpc) is 2.31. The van der Waals surface area contributed by atoms with Crippen LogP contribution in [0.25, 0.3) is 0 Å². The molecule has 0 aromatic rings. The number of carbonyl (C=O) groups excluding carboxylic acids is 1. The summed E-state index contributed by atoms with van der Waals surface area (Å²) in [5.74, 6) is 0. The van der Waals surface area contributed by atoms with Crippen LogP contribution in [0.5, 0.6) is 0 Å². The molecule has 0 radical (unpaired) electrons. The van der Waals surface area contributed by atoms with Gasteiger partial charge in [0.25, 0.3) is 0 Å². The summed E-state index contributed by atoms with van der Waals surface area (Å²) in [5, 5.41) is 10.1. The van der Waals surface area contributed by atoms with Crippen LogP contribution in [0, 0.1) is 0 Å². The minimum atomic E-state index is -0.604. The van der Waals surface area contributed by atoms with Crippen molar-refractivity contribution in [3.63, 3.8) is 0 Å². The van der Waals surface area contributed by atoms with Gasteiger partial charge < -0.3 is 9.84 Å². The molecule has 0 aliphatic carbocycles. The Hall–Kier alpha value is -0.810. The largest absolute Gasteiger partial charge is 0.442 e. The Labute approximate surface area is 77.2 Å². The summed E-state index contributed by atoms with van der Waals surface area (Å²) in [7, 11) is 0. The summed E-state index contributed by atoms with van der Waals surface area (Å²) in [6, 6.07) is 0. The second-order valence-corrected chi connectivity index (χ2v) is 3.99. The number of nitrogens with zero attached hydrogens (tertiary/aromatic N) is 1. The SMILES string of the molecule is CC(C)(C)OC(=O)N1C[C@@H](O)CO1. The molecule has 13 heavy (non-hydrogen) atoms. The lowest BCUT2D eigenvalue weighted by Crippen LogP contribution is -2.35. The summed E-state index contributed by atoms with van der Waals surface area (Å²) < 4.78 is 5.02. The molecule has 1 rings (SSSR count). The van der Waals surface area contributed by atoms with Gasteiger partial charge in [-0.1, -0.05) is 0 Å². The first-order valence-electron chi connectivity index (χ1n) is 4.20. The van der Waals surface area contributed by atoms with Gasteiger partial charge in [-0.2, -0.15) is 5.06 Å². The van der Waals surface area contributed by atoms with Gasteiger partial charge in [0.05, 0.1) is 6.54 Å². The highest BCUT2D eigenvalue weighted by molar-refractivity contribution is 5.67. The van der Waals surface area contributed by atoms with Gasteiger partial charge >= 0.3 is 6.09 Å². The van der Waals surface area contributed by atoms with Gasteiger partial charge in [0.15, 0.2) is 0 Å². The second kappa shape index (κ2) is 3.51. The van der Waals surface area contributed by atoms with Crippen LogP contribution in [0.1, 0.15) is 20.8 Å². The number of hydrogen-bond acceptors (Lipinski definition) is 4. The van der Waals surface area contributed by atoms with Crippen molar-refractivity contribution < 1.29 is 19.5 Å². The predicted molar refractivity (Wildman–Crippen MR) is 44.9 cm³/mol. The fourth-order valence-electron chi connectivity index (χ4n) is 0.913. The van der Waals surface area contributed by atoms with Crippen LogP contribution >= 0.6 is 0 Å². The van der Waals surface area contributed by atoms with Gasteiger partial charge in [0, 0.05) is 0 Å². The van der Waals surface area contributed by atoms with E-state index in [9.17, 15) is 4.79 Å². The van der Waals surface area contributed by atoms with Crippen LogP contribution in [0.15, 0.2) is 0 Å². The third-order valence-corrected chi connectivity index (χ3v) is 1.40. The van der Waals surface area contributed by atoms with E-state index in [1.165, 1.54) is 0 Å². The molecule has 1 heterocycles. The number of carbonyl (C=O) groups is 1. The zero-order valence-electron chi connectivity index (χ0n) is 8.11. The highest BCUT2D eigenvalue weighted by atomic mass is 16.7. The number of hydrogen-bond donors (Lipinski definition) is 1. The summed E-state index contributed by atoms with van der Waals surface area (Å²) in [6.45, 7) is 5.65. The minimum Gasteiger partial charge on any atom is -0.442 e. The molecule has 1 aliphatic heterocycles. The minimum absolute atomic E-state index is 0.152. The highest BCUT2D eigenvalue weighted by Gasteiger charge is 2.29. The molecule has 76 valence electrons. The topological polar surface area (TPSA) is 59.0 Å². The molecule has 0 unspecified atom stereocenters. The van der Waals surface area contributed by atoms with E-state index in [1.807, 2.05) is 0 Å². The zero-order valence-corrected chi connectivity index (χ0v) is 8.11. The molecule has 0 bridgehead atoms. The number of β-amino-alcohol motifs (C(OH)–C–C–N with tert-alkyl or cyclic N) is 1. The molecule has 1 saturated heterocycles. The monoisotopic (exact) mass is 189 g/mol. The average molecular weight is 189 g/mol. The van der Waals surface area contributed by atoms with Crippen molar-refractivity contribution >= 4 is 6.09 Å². The van der Waals surface area contributed by atoms with E-state index in [-0.39, 0.29) is 13.2 Å². The molecule has 1 fully saturated rings. The summed E-state index contributed by atoms with van der Waals surface area (Å²) in [4.78, 5) is 16.2. The summed E-state index contributed by atoms with van der Waals surface area (Å²) in [6.07, 6.45) is -1.16. The highest BCUT2D eigenvalue weighted by Crippen LogP contribution is 2.13. The fourth-order valence-corrected chi connectivity index (χ4v) is 0.913. The number of ether oxygens (including phenoxy) is 1. The van der Waals surface area contributed by atoms with Crippen molar-refractivity contribution in [1.29, 1.82) is 0 Å². The van der Waals surface area contributed by atoms with Crippen LogP contribution < -0.4 is 0 Å². The van der Waals surface area contributed by atoms with Crippen LogP contribution in [0.4, 0.5) is 4.79 Å². The Morgan fingerprint density at radius 3 is 2.62 bits per heavy atom. The third-order valence-electron chi connectivity index (χ3n) is 1.40. The van der Waals surface area contributed by atoms with Crippen LogP contribution in [0.2, 0.25) is 0 Å². The van der Waals surface area contributed by atoms with Crippen molar-refractivity contribution in [1.82, 2.24) is 5.06 Å². The molecule has 0 aromatic carbocycles. The van der Waals surface area contributed by atoms with Gasteiger partial charge in [0.1, 0.15) is 18.3 Å². The normalized spacial score (nSPS) is 23.4. The van der Waals surface area contributed by atoms with Crippen LogP contribution in [-0.2, 0) is 9.57 Å². The smallest absolute Gasteiger partial charge is 0.434 e. The molecule has 5 nitrogen and oxygen atoms in total. The van der Waals surface area contributed by atoms with E-state index in [4.69, 9.17) is 14.7 Å². The van der Waals surface area contributed by atoms with Crippen molar-refractivity contribution in [2.45, 2.75) is 32.5 Å². The predicted octanol–water partition coefficient (Wildman–Crippen LogP) is 0.530. The van der Waals surface area contributed by atoms with Gasteiger partial charge in [-0.25, -0.2) is 4.79 Å². The Balaban J connectivity index is 2.41. The zero-order chi connectivity index (χ0) is 10.1. The lowest BCUT2D eigenvalue weighted by molar-refractivity contribution is -0.107. The first-order valence-corrected chi connectivity index (χ1v) is 4.20. The van der Waals surface area contributed by atoms with Crippen molar-refractivity contribution in [2.75, 3.05) is 13.2 Å². The standard InChI is InChI=1S/C8H15NO4/c1-8(2,3)13-7(11)9-4-6(10)5-12-9/h6,10H,4-5H2,1-3H3/t6-/m1/s1. The van der Waals surface area contributed by atoms with Crippen molar-refractivity contribution in [3.05, 3.63) is 0 Å². The number of hydroxylamine groups is 2. The molecule has 5 heteroatoms.